The molecule has 1 N–H and O–H groups in total. The Kier molecular flexibility index (Phi) is 4.53. The van der Waals surface area contributed by atoms with Gasteiger partial charge in [0, 0.05) is 6.61 Å². The zero-order valence-electron chi connectivity index (χ0n) is 13.0. The number of aliphatic hydroxyl groups is 1. The highest BCUT2D eigenvalue weighted by Gasteiger charge is 2.38. The van der Waals surface area contributed by atoms with Crippen LogP contribution < -0.4 is 0 Å². The molecule has 1 nitrogen and oxygen atoms in total. The van der Waals surface area contributed by atoms with Crippen molar-refractivity contribution in [1.82, 2.24) is 0 Å². The molecule has 1 aromatic carbocycles. The Balaban J connectivity index is 2.08. The van der Waals surface area contributed by atoms with E-state index in [4.69, 9.17) is 0 Å². The van der Waals surface area contributed by atoms with Gasteiger partial charge in [0.05, 0.1) is 0 Å². The smallest absolute Gasteiger partial charge is 0.126 e. The minimum absolute atomic E-state index is 0.121. The summed E-state index contributed by atoms with van der Waals surface area (Å²) in [5, 5.41) is 9.86. The van der Waals surface area contributed by atoms with Crippen molar-refractivity contribution in [3.8, 4) is 0 Å². The number of halogens is 1. The quantitative estimate of drug-likeness (QED) is 0.858. The summed E-state index contributed by atoms with van der Waals surface area (Å²) in [5.41, 5.74) is 0.958. The van der Waals surface area contributed by atoms with Crippen LogP contribution in [0.4, 0.5) is 4.39 Å². The molecular formula is C18H27FO. The van der Waals surface area contributed by atoms with Crippen molar-refractivity contribution in [2.45, 2.75) is 52.9 Å². The number of aliphatic hydroxyl groups excluding tert-OH is 1. The van der Waals surface area contributed by atoms with Crippen molar-refractivity contribution >= 4 is 0 Å². The molecular weight excluding hydrogens is 251 g/mol. The summed E-state index contributed by atoms with van der Waals surface area (Å²) in [7, 11) is 0. The largest absolute Gasteiger partial charge is 0.396 e. The molecule has 0 bridgehead atoms. The second-order valence-corrected chi connectivity index (χ2v) is 7.57. The van der Waals surface area contributed by atoms with E-state index in [1.807, 2.05) is 12.1 Å². The van der Waals surface area contributed by atoms with E-state index >= 15 is 0 Å². The van der Waals surface area contributed by atoms with Gasteiger partial charge in [0.1, 0.15) is 5.82 Å². The van der Waals surface area contributed by atoms with Gasteiger partial charge >= 0.3 is 0 Å². The Morgan fingerprint density at radius 1 is 1.20 bits per heavy atom. The molecule has 0 spiro atoms. The summed E-state index contributed by atoms with van der Waals surface area (Å²) in [5.74, 6) is 0.570. The zero-order chi connectivity index (χ0) is 14.8. The highest BCUT2D eigenvalue weighted by atomic mass is 19.1. The predicted octanol–water partition coefficient (Wildman–Crippen LogP) is 4.58. The summed E-state index contributed by atoms with van der Waals surface area (Å²) in [6.07, 6.45) is 4.93. The topological polar surface area (TPSA) is 20.2 Å². The molecule has 0 amide bonds. The minimum Gasteiger partial charge on any atom is -0.396 e. The van der Waals surface area contributed by atoms with Crippen LogP contribution in [0.3, 0.4) is 0 Å². The van der Waals surface area contributed by atoms with E-state index < -0.39 is 0 Å². The van der Waals surface area contributed by atoms with E-state index in [1.165, 1.54) is 6.07 Å². The lowest BCUT2D eigenvalue weighted by atomic mass is 9.62. The van der Waals surface area contributed by atoms with Gasteiger partial charge in [-0.25, -0.2) is 4.39 Å². The van der Waals surface area contributed by atoms with Gasteiger partial charge in [-0.1, -0.05) is 39.0 Å². The second-order valence-electron chi connectivity index (χ2n) is 7.57. The molecule has 112 valence electrons. The van der Waals surface area contributed by atoms with Crippen LogP contribution in [0.5, 0.6) is 0 Å². The summed E-state index contributed by atoms with van der Waals surface area (Å²) in [6.45, 7) is 7.04. The van der Waals surface area contributed by atoms with E-state index in [9.17, 15) is 9.50 Å². The van der Waals surface area contributed by atoms with Crippen molar-refractivity contribution in [2.75, 3.05) is 6.61 Å². The molecule has 1 aromatic rings. The fraction of sp³-hybridized carbons (Fsp3) is 0.667. The lowest BCUT2D eigenvalue weighted by Crippen LogP contribution is -2.36. The van der Waals surface area contributed by atoms with Gasteiger partial charge in [0.25, 0.3) is 0 Å². The van der Waals surface area contributed by atoms with Crippen LogP contribution in [-0.2, 0) is 6.42 Å². The molecule has 0 radical (unpaired) electrons. The Hall–Kier alpha value is -0.890. The first-order valence-corrected chi connectivity index (χ1v) is 7.71. The molecule has 1 saturated carbocycles. The van der Waals surface area contributed by atoms with Crippen molar-refractivity contribution in [2.24, 2.45) is 16.7 Å². The predicted molar refractivity (Wildman–Crippen MR) is 81.0 cm³/mol. The lowest BCUT2D eigenvalue weighted by molar-refractivity contribution is 0.0363. The molecule has 0 saturated heterocycles. The minimum atomic E-state index is -0.140. The lowest BCUT2D eigenvalue weighted by Gasteiger charge is -2.43. The number of hydrogen-bond acceptors (Lipinski definition) is 1. The summed E-state index contributed by atoms with van der Waals surface area (Å²) < 4.78 is 13.8. The van der Waals surface area contributed by atoms with Gasteiger partial charge in [-0.15, -0.1) is 0 Å². The van der Waals surface area contributed by atoms with Crippen molar-refractivity contribution in [1.29, 1.82) is 0 Å². The Bertz CT molecular complexity index is 439. The maximum atomic E-state index is 13.8. The maximum Gasteiger partial charge on any atom is 0.126 e. The fourth-order valence-electron chi connectivity index (χ4n) is 3.53. The molecule has 1 aliphatic rings. The first kappa shape index (κ1) is 15.5. The summed E-state index contributed by atoms with van der Waals surface area (Å²) in [6, 6.07) is 6.97. The molecule has 2 rings (SSSR count). The molecule has 0 heterocycles. The maximum absolute atomic E-state index is 13.8. The normalized spacial score (nSPS) is 27.6. The highest BCUT2D eigenvalue weighted by molar-refractivity contribution is 5.19. The van der Waals surface area contributed by atoms with Crippen LogP contribution in [0.2, 0.25) is 0 Å². The Morgan fingerprint density at radius 3 is 2.30 bits per heavy atom. The van der Waals surface area contributed by atoms with Crippen LogP contribution in [0.25, 0.3) is 0 Å². The summed E-state index contributed by atoms with van der Waals surface area (Å²) >= 11 is 0. The van der Waals surface area contributed by atoms with E-state index in [0.29, 0.717) is 17.8 Å². The van der Waals surface area contributed by atoms with E-state index in [-0.39, 0.29) is 17.8 Å². The van der Waals surface area contributed by atoms with Crippen LogP contribution in [0.1, 0.15) is 52.0 Å². The zero-order valence-corrected chi connectivity index (χ0v) is 13.0. The second kappa shape index (κ2) is 5.85. The number of hydrogen-bond donors (Lipinski definition) is 1. The fourth-order valence-corrected chi connectivity index (χ4v) is 3.53. The highest BCUT2D eigenvalue weighted by Crippen LogP contribution is 2.46. The molecule has 1 fully saturated rings. The van der Waals surface area contributed by atoms with E-state index in [2.05, 4.69) is 20.8 Å². The first-order chi connectivity index (χ1) is 9.36. The average Bonchev–Trinajstić information content (AvgIpc) is 2.41. The Labute approximate surface area is 122 Å². The van der Waals surface area contributed by atoms with Crippen molar-refractivity contribution < 1.29 is 9.50 Å². The first-order valence-electron chi connectivity index (χ1n) is 7.71. The van der Waals surface area contributed by atoms with Gasteiger partial charge in [-0.3, -0.25) is 0 Å². The van der Waals surface area contributed by atoms with Crippen molar-refractivity contribution in [3.63, 3.8) is 0 Å². The molecule has 0 atom stereocenters. The average molecular weight is 278 g/mol. The van der Waals surface area contributed by atoms with Gasteiger partial charge in [-0.05, 0) is 60.5 Å². The molecule has 1 aliphatic carbocycles. The Morgan fingerprint density at radius 2 is 1.80 bits per heavy atom. The van der Waals surface area contributed by atoms with E-state index in [0.717, 1.165) is 31.2 Å². The number of benzene rings is 1. The molecule has 0 unspecified atom stereocenters. The van der Waals surface area contributed by atoms with Crippen LogP contribution >= 0.6 is 0 Å². The molecule has 0 aromatic heterocycles. The third kappa shape index (κ3) is 3.41. The van der Waals surface area contributed by atoms with Gasteiger partial charge < -0.3 is 5.11 Å². The molecule has 0 aliphatic heterocycles. The third-order valence-corrected chi connectivity index (χ3v) is 5.13. The van der Waals surface area contributed by atoms with Crippen LogP contribution in [0, 0.1) is 22.6 Å². The van der Waals surface area contributed by atoms with Crippen LogP contribution in [0.15, 0.2) is 24.3 Å². The van der Waals surface area contributed by atoms with E-state index in [1.54, 1.807) is 6.07 Å². The number of rotatable bonds is 3. The summed E-state index contributed by atoms with van der Waals surface area (Å²) in [4.78, 5) is 0. The third-order valence-electron chi connectivity index (χ3n) is 5.13. The standard InChI is InChI=1S/C18H27FO/c1-17(2,3)15-8-10-18(13-20,11-9-15)12-14-6-4-5-7-16(14)19/h4-7,15,20H,8-13H2,1-3H3. The van der Waals surface area contributed by atoms with Crippen molar-refractivity contribution in [3.05, 3.63) is 35.6 Å². The monoisotopic (exact) mass is 278 g/mol. The molecule has 2 heteroatoms. The van der Waals surface area contributed by atoms with Gasteiger partial charge in [0.15, 0.2) is 0 Å². The molecule has 20 heavy (non-hydrogen) atoms. The van der Waals surface area contributed by atoms with Gasteiger partial charge in [0.2, 0.25) is 0 Å². The van der Waals surface area contributed by atoms with Crippen LogP contribution in [-0.4, -0.2) is 11.7 Å². The van der Waals surface area contributed by atoms with Gasteiger partial charge in [-0.2, -0.15) is 0 Å². The SMILES string of the molecule is CC(C)(C)C1CCC(CO)(Cc2ccccc2F)CC1.